The number of methoxy groups -OCH3 is 1. The summed E-state index contributed by atoms with van der Waals surface area (Å²) in [6.45, 7) is 0. The lowest BCUT2D eigenvalue weighted by Gasteiger charge is -2.28. The minimum absolute atomic E-state index is 0.00840. The van der Waals surface area contributed by atoms with E-state index in [-0.39, 0.29) is 12.1 Å². The second kappa shape index (κ2) is 9.31. The van der Waals surface area contributed by atoms with Gasteiger partial charge in [0.2, 0.25) is 5.88 Å². The number of benzene rings is 2. The summed E-state index contributed by atoms with van der Waals surface area (Å²) in [6, 6.07) is 17.1. The number of ether oxygens (including phenoxy) is 2. The van der Waals surface area contributed by atoms with Crippen LogP contribution < -0.4 is 14.8 Å². The molecule has 0 aliphatic heterocycles. The SMILES string of the molecule is COc1ccccc1-n1nc(O[C@H]2CC[C@@H](NC(=O)O)CC2)cc1-c1ccc(Cl)cc1. The first-order valence-corrected chi connectivity index (χ1v) is 10.6. The maximum Gasteiger partial charge on any atom is 0.404 e. The number of carbonyl (C=O) groups is 1. The molecule has 0 atom stereocenters. The summed E-state index contributed by atoms with van der Waals surface area (Å²) in [6.07, 6.45) is 2.03. The Morgan fingerprint density at radius 1 is 1.13 bits per heavy atom. The van der Waals surface area contributed by atoms with Crippen molar-refractivity contribution in [2.45, 2.75) is 37.8 Å². The molecule has 4 rings (SSSR count). The number of aromatic nitrogens is 2. The number of rotatable bonds is 6. The summed E-state index contributed by atoms with van der Waals surface area (Å²) >= 11 is 6.07. The summed E-state index contributed by atoms with van der Waals surface area (Å²) in [7, 11) is 1.63. The van der Waals surface area contributed by atoms with Crippen molar-refractivity contribution in [3.63, 3.8) is 0 Å². The van der Waals surface area contributed by atoms with Crippen molar-refractivity contribution in [2.75, 3.05) is 7.11 Å². The van der Waals surface area contributed by atoms with Gasteiger partial charge in [-0.25, -0.2) is 9.48 Å². The molecule has 1 heterocycles. The Balaban J connectivity index is 1.61. The highest BCUT2D eigenvalue weighted by Gasteiger charge is 2.25. The summed E-state index contributed by atoms with van der Waals surface area (Å²) in [5.74, 6) is 1.22. The van der Waals surface area contributed by atoms with E-state index >= 15 is 0 Å². The van der Waals surface area contributed by atoms with Gasteiger partial charge in [0.1, 0.15) is 17.5 Å². The number of hydrogen-bond acceptors (Lipinski definition) is 4. The number of hydrogen-bond donors (Lipinski definition) is 2. The molecule has 1 fully saturated rings. The van der Waals surface area contributed by atoms with E-state index in [0.29, 0.717) is 16.7 Å². The van der Waals surface area contributed by atoms with Crippen LogP contribution in [0.4, 0.5) is 4.79 Å². The molecule has 2 N–H and O–H groups in total. The van der Waals surface area contributed by atoms with Crippen LogP contribution in [-0.4, -0.2) is 40.2 Å². The Labute approximate surface area is 185 Å². The molecule has 1 aliphatic carbocycles. The van der Waals surface area contributed by atoms with Gasteiger partial charge in [0.05, 0.1) is 12.8 Å². The highest BCUT2D eigenvalue weighted by molar-refractivity contribution is 6.30. The fraction of sp³-hybridized carbons (Fsp3) is 0.304. The molecule has 0 unspecified atom stereocenters. The van der Waals surface area contributed by atoms with Crippen LogP contribution in [0.2, 0.25) is 5.02 Å². The quantitative estimate of drug-likeness (QED) is 0.552. The molecule has 0 spiro atoms. The van der Waals surface area contributed by atoms with Gasteiger partial charge in [-0.05, 0) is 49.9 Å². The first kappa shape index (κ1) is 21.1. The first-order valence-electron chi connectivity index (χ1n) is 10.2. The molecule has 0 radical (unpaired) electrons. The molecule has 162 valence electrons. The minimum atomic E-state index is -0.979. The molecule has 0 bridgehead atoms. The van der Waals surface area contributed by atoms with Crippen molar-refractivity contribution in [1.29, 1.82) is 0 Å². The average Bonchev–Trinajstić information content (AvgIpc) is 3.18. The largest absolute Gasteiger partial charge is 0.494 e. The van der Waals surface area contributed by atoms with E-state index in [0.717, 1.165) is 42.6 Å². The molecule has 1 aliphatic rings. The van der Waals surface area contributed by atoms with Gasteiger partial charge in [-0.3, -0.25) is 0 Å². The first-order chi connectivity index (χ1) is 15.0. The van der Waals surface area contributed by atoms with E-state index in [2.05, 4.69) is 5.32 Å². The Hall–Kier alpha value is -3.19. The number of amides is 1. The fourth-order valence-electron chi connectivity index (χ4n) is 3.90. The molecule has 1 amide bonds. The maximum absolute atomic E-state index is 10.8. The smallest absolute Gasteiger partial charge is 0.404 e. The van der Waals surface area contributed by atoms with E-state index in [9.17, 15) is 4.79 Å². The van der Waals surface area contributed by atoms with Crippen molar-refractivity contribution in [3.05, 3.63) is 59.6 Å². The van der Waals surface area contributed by atoms with E-state index in [1.54, 1.807) is 7.11 Å². The van der Waals surface area contributed by atoms with Gasteiger partial charge in [0.15, 0.2) is 0 Å². The summed E-state index contributed by atoms with van der Waals surface area (Å²) in [5.41, 5.74) is 2.61. The van der Waals surface area contributed by atoms with Gasteiger partial charge in [-0.2, -0.15) is 0 Å². The standard InChI is InChI=1S/C23H24ClN3O4/c1-30-21-5-3-2-4-19(21)27-20(15-6-8-16(24)9-7-15)14-22(26-27)31-18-12-10-17(11-13-18)25-23(28)29/h2-9,14,17-18,25H,10-13H2,1H3,(H,28,29)/t17-,18+. The van der Waals surface area contributed by atoms with Crippen LogP contribution in [0.15, 0.2) is 54.6 Å². The van der Waals surface area contributed by atoms with E-state index in [1.165, 1.54) is 0 Å². The Morgan fingerprint density at radius 3 is 2.52 bits per heavy atom. The number of halogens is 1. The highest BCUT2D eigenvalue weighted by atomic mass is 35.5. The molecule has 0 saturated heterocycles. The van der Waals surface area contributed by atoms with Crippen LogP contribution in [0.5, 0.6) is 11.6 Å². The zero-order valence-corrected chi connectivity index (χ0v) is 17.9. The van der Waals surface area contributed by atoms with Gasteiger partial charge in [0.25, 0.3) is 0 Å². The normalized spacial score (nSPS) is 18.4. The van der Waals surface area contributed by atoms with Crippen LogP contribution in [0.1, 0.15) is 25.7 Å². The molecule has 8 heteroatoms. The molecule has 1 aromatic heterocycles. The van der Waals surface area contributed by atoms with Crippen molar-refractivity contribution >= 4 is 17.7 Å². The molecule has 31 heavy (non-hydrogen) atoms. The topological polar surface area (TPSA) is 85.6 Å². The molecule has 3 aromatic rings. The Kier molecular flexibility index (Phi) is 6.32. The fourth-order valence-corrected chi connectivity index (χ4v) is 4.03. The van der Waals surface area contributed by atoms with Crippen LogP contribution in [0.3, 0.4) is 0 Å². The molecular weight excluding hydrogens is 418 g/mol. The van der Waals surface area contributed by atoms with Gasteiger partial charge in [-0.1, -0.05) is 35.9 Å². The van der Waals surface area contributed by atoms with Crippen LogP contribution >= 0.6 is 11.6 Å². The van der Waals surface area contributed by atoms with Crippen molar-refractivity contribution in [1.82, 2.24) is 15.1 Å². The summed E-state index contributed by atoms with van der Waals surface area (Å²) in [4.78, 5) is 10.8. The van der Waals surface area contributed by atoms with Gasteiger partial charge < -0.3 is 19.9 Å². The Bertz CT molecular complexity index is 1040. The lowest BCUT2D eigenvalue weighted by atomic mass is 9.93. The number of para-hydroxylation sites is 2. The van der Waals surface area contributed by atoms with Gasteiger partial charge in [0, 0.05) is 22.7 Å². The molecule has 2 aromatic carbocycles. The van der Waals surface area contributed by atoms with Crippen molar-refractivity contribution in [2.24, 2.45) is 0 Å². The Morgan fingerprint density at radius 2 is 1.84 bits per heavy atom. The van der Waals surface area contributed by atoms with E-state index in [4.69, 9.17) is 31.3 Å². The van der Waals surface area contributed by atoms with E-state index < -0.39 is 6.09 Å². The third-order valence-electron chi connectivity index (χ3n) is 5.43. The number of nitrogens with one attached hydrogen (secondary N) is 1. The third-order valence-corrected chi connectivity index (χ3v) is 5.68. The predicted octanol–water partition coefficient (Wildman–Crippen LogP) is 5.16. The number of nitrogens with zero attached hydrogens (tertiary/aromatic N) is 2. The van der Waals surface area contributed by atoms with Crippen LogP contribution in [0.25, 0.3) is 16.9 Å². The zero-order chi connectivity index (χ0) is 21.8. The zero-order valence-electron chi connectivity index (χ0n) is 17.1. The van der Waals surface area contributed by atoms with E-state index in [1.807, 2.05) is 59.3 Å². The highest BCUT2D eigenvalue weighted by Crippen LogP contribution is 2.33. The second-order valence-corrected chi connectivity index (χ2v) is 7.94. The van der Waals surface area contributed by atoms with Gasteiger partial charge in [-0.15, -0.1) is 5.10 Å². The summed E-state index contributed by atoms with van der Waals surface area (Å²) in [5, 5.41) is 16.8. The minimum Gasteiger partial charge on any atom is -0.494 e. The van der Waals surface area contributed by atoms with Gasteiger partial charge >= 0.3 is 6.09 Å². The predicted molar refractivity (Wildman–Crippen MR) is 118 cm³/mol. The van der Waals surface area contributed by atoms with Crippen LogP contribution in [0, 0.1) is 0 Å². The lowest BCUT2D eigenvalue weighted by Crippen LogP contribution is -2.38. The third kappa shape index (κ3) is 4.94. The summed E-state index contributed by atoms with van der Waals surface area (Å²) < 4.78 is 13.5. The second-order valence-electron chi connectivity index (χ2n) is 7.50. The molecule has 7 nitrogen and oxygen atoms in total. The molecule has 1 saturated carbocycles. The lowest BCUT2D eigenvalue weighted by molar-refractivity contribution is 0.129. The molecular formula is C23H24ClN3O4. The number of carboxylic acid groups (broad SMARTS) is 1. The van der Waals surface area contributed by atoms with Crippen molar-refractivity contribution in [3.8, 4) is 28.6 Å². The van der Waals surface area contributed by atoms with Crippen LogP contribution in [-0.2, 0) is 0 Å². The average molecular weight is 442 g/mol. The monoisotopic (exact) mass is 441 g/mol. The van der Waals surface area contributed by atoms with Crippen molar-refractivity contribution < 1.29 is 19.4 Å². The maximum atomic E-state index is 10.8.